The zero-order chi connectivity index (χ0) is 17.5. The number of carbonyl (C=O) groups excluding carboxylic acids is 2. The van der Waals surface area contributed by atoms with Crippen LogP contribution in [0.5, 0.6) is 5.75 Å². The number of carbonyl (C=O) groups is 2. The Morgan fingerprint density at radius 1 is 1.29 bits per heavy atom. The third-order valence-electron chi connectivity index (χ3n) is 3.48. The molecule has 1 aromatic carbocycles. The van der Waals surface area contributed by atoms with E-state index in [2.05, 4.69) is 10.3 Å². The van der Waals surface area contributed by atoms with Crippen LogP contribution in [0.2, 0.25) is 0 Å². The van der Waals surface area contributed by atoms with Crippen LogP contribution in [0, 0.1) is 0 Å². The number of hydrogen-bond donors (Lipinski definition) is 1. The van der Waals surface area contributed by atoms with Gasteiger partial charge < -0.3 is 15.0 Å². The molecule has 6 nitrogen and oxygen atoms in total. The Hall–Kier alpha value is -2.41. The summed E-state index contributed by atoms with van der Waals surface area (Å²) in [6.07, 6.45) is 0.889. The highest BCUT2D eigenvalue weighted by molar-refractivity contribution is 7.09. The normalized spacial score (nSPS) is 10.3. The minimum Gasteiger partial charge on any atom is -0.497 e. The third kappa shape index (κ3) is 4.79. The molecule has 0 radical (unpaired) electrons. The highest BCUT2D eigenvalue weighted by atomic mass is 32.1. The number of nitrogens with one attached hydrogen (secondary N) is 1. The van der Waals surface area contributed by atoms with Crippen LogP contribution in [0.25, 0.3) is 0 Å². The lowest BCUT2D eigenvalue weighted by Crippen LogP contribution is -2.37. The van der Waals surface area contributed by atoms with Crippen LogP contribution in [0.1, 0.15) is 28.0 Å². The molecule has 0 atom stereocenters. The molecule has 128 valence electrons. The van der Waals surface area contributed by atoms with E-state index < -0.39 is 0 Å². The van der Waals surface area contributed by atoms with Gasteiger partial charge in [0, 0.05) is 18.0 Å². The lowest BCUT2D eigenvalue weighted by molar-refractivity contribution is -0.129. The minimum atomic E-state index is -0.290. The molecule has 1 heterocycles. The van der Waals surface area contributed by atoms with Gasteiger partial charge >= 0.3 is 0 Å². The topological polar surface area (TPSA) is 71.5 Å². The summed E-state index contributed by atoms with van der Waals surface area (Å²) < 4.78 is 5.05. The fraction of sp³-hybridized carbons (Fsp3) is 0.353. The molecule has 1 N–H and O–H groups in total. The second kappa shape index (κ2) is 8.44. The van der Waals surface area contributed by atoms with Crippen LogP contribution in [0.15, 0.2) is 29.6 Å². The molecule has 0 saturated heterocycles. The van der Waals surface area contributed by atoms with E-state index in [-0.39, 0.29) is 18.4 Å². The Kier molecular flexibility index (Phi) is 6.31. The van der Waals surface area contributed by atoms with E-state index in [1.807, 2.05) is 12.3 Å². The molecule has 0 saturated carbocycles. The molecule has 0 bridgehead atoms. The van der Waals surface area contributed by atoms with E-state index in [1.165, 1.54) is 0 Å². The lowest BCUT2D eigenvalue weighted by atomic mass is 10.2. The highest BCUT2D eigenvalue weighted by Crippen LogP contribution is 2.12. The van der Waals surface area contributed by atoms with Crippen LogP contribution < -0.4 is 10.1 Å². The monoisotopic (exact) mass is 347 g/mol. The van der Waals surface area contributed by atoms with Crippen molar-refractivity contribution in [2.24, 2.45) is 0 Å². The molecule has 0 unspecified atom stereocenters. The van der Waals surface area contributed by atoms with Gasteiger partial charge in [-0.3, -0.25) is 9.59 Å². The smallest absolute Gasteiger partial charge is 0.251 e. The van der Waals surface area contributed by atoms with Crippen molar-refractivity contribution in [3.63, 3.8) is 0 Å². The first-order valence-electron chi connectivity index (χ1n) is 7.63. The van der Waals surface area contributed by atoms with Gasteiger partial charge in [-0.15, -0.1) is 11.3 Å². The fourth-order valence-corrected chi connectivity index (χ4v) is 2.79. The molecule has 0 fully saturated rings. The van der Waals surface area contributed by atoms with Gasteiger partial charge in [0.2, 0.25) is 5.91 Å². The van der Waals surface area contributed by atoms with Crippen molar-refractivity contribution in [2.75, 3.05) is 20.7 Å². The first kappa shape index (κ1) is 17.9. The summed E-state index contributed by atoms with van der Waals surface area (Å²) in [5.74, 6) is 0.223. The number of likely N-dealkylation sites (N-methyl/N-ethyl adjacent to an activating group) is 1. The number of amides is 2. The van der Waals surface area contributed by atoms with E-state index >= 15 is 0 Å². The summed E-state index contributed by atoms with van der Waals surface area (Å²) in [6.45, 7) is 2.44. The summed E-state index contributed by atoms with van der Waals surface area (Å²) in [7, 11) is 3.27. The van der Waals surface area contributed by atoms with Crippen molar-refractivity contribution in [1.29, 1.82) is 0 Å². The molecule has 24 heavy (non-hydrogen) atoms. The Morgan fingerprint density at radius 2 is 2.00 bits per heavy atom. The van der Waals surface area contributed by atoms with Crippen molar-refractivity contribution < 1.29 is 14.3 Å². The number of nitrogens with zero attached hydrogens (tertiary/aromatic N) is 2. The van der Waals surface area contributed by atoms with Gasteiger partial charge in [-0.2, -0.15) is 0 Å². The van der Waals surface area contributed by atoms with Gasteiger partial charge in [0.15, 0.2) is 0 Å². The van der Waals surface area contributed by atoms with Gasteiger partial charge in [-0.25, -0.2) is 4.98 Å². The van der Waals surface area contributed by atoms with Crippen LogP contribution >= 0.6 is 11.3 Å². The van der Waals surface area contributed by atoms with Gasteiger partial charge in [0.25, 0.3) is 5.91 Å². The largest absolute Gasteiger partial charge is 0.497 e. The average molecular weight is 347 g/mol. The van der Waals surface area contributed by atoms with E-state index in [4.69, 9.17) is 4.74 Å². The summed E-state index contributed by atoms with van der Waals surface area (Å²) in [5, 5.41) is 5.64. The maximum atomic E-state index is 12.1. The number of methoxy groups -OCH3 is 1. The SMILES string of the molecule is CCc1nc(CN(C)C(=O)CNC(=O)c2ccc(OC)cc2)cs1. The average Bonchev–Trinajstić information content (AvgIpc) is 3.06. The molecule has 2 amide bonds. The zero-order valence-electron chi connectivity index (χ0n) is 14.0. The first-order valence-corrected chi connectivity index (χ1v) is 8.51. The quantitative estimate of drug-likeness (QED) is 0.833. The fourth-order valence-electron chi connectivity index (χ4n) is 2.05. The van der Waals surface area contributed by atoms with E-state index in [0.29, 0.717) is 17.9 Å². The van der Waals surface area contributed by atoms with Crippen LogP contribution in [0.4, 0.5) is 0 Å². The number of aryl methyl sites for hydroxylation is 1. The lowest BCUT2D eigenvalue weighted by Gasteiger charge is -2.16. The molecular weight excluding hydrogens is 326 g/mol. The van der Waals surface area contributed by atoms with Gasteiger partial charge in [0.1, 0.15) is 5.75 Å². The molecule has 0 aliphatic carbocycles. The molecule has 1 aromatic heterocycles. The molecule has 0 spiro atoms. The first-order chi connectivity index (χ1) is 11.5. The molecule has 2 aromatic rings. The van der Waals surface area contributed by atoms with Crippen molar-refractivity contribution >= 4 is 23.2 Å². The van der Waals surface area contributed by atoms with Gasteiger partial charge in [0.05, 0.1) is 30.9 Å². The van der Waals surface area contributed by atoms with Crippen LogP contribution in [-0.2, 0) is 17.8 Å². The Labute approximate surface area is 145 Å². The second-order valence-corrected chi connectivity index (χ2v) is 6.19. The number of benzene rings is 1. The van der Waals surface area contributed by atoms with E-state index in [0.717, 1.165) is 17.1 Å². The van der Waals surface area contributed by atoms with Gasteiger partial charge in [-0.05, 0) is 30.7 Å². The number of thiazole rings is 1. The molecule has 0 aliphatic heterocycles. The van der Waals surface area contributed by atoms with Crippen LogP contribution in [0.3, 0.4) is 0 Å². The summed E-state index contributed by atoms with van der Waals surface area (Å²) in [4.78, 5) is 30.2. The summed E-state index contributed by atoms with van der Waals surface area (Å²) in [6, 6.07) is 6.72. The number of aromatic nitrogens is 1. The molecule has 7 heteroatoms. The molecule has 0 aliphatic rings. The minimum absolute atomic E-state index is 0.0495. The maximum absolute atomic E-state index is 12.1. The zero-order valence-corrected chi connectivity index (χ0v) is 14.9. The molecule has 2 rings (SSSR count). The predicted octanol–water partition coefficient (Wildman–Crippen LogP) is 2.10. The second-order valence-electron chi connectivity index (χ2n) is 5.25. The maximum Gasteiger partial charge on any atom is 0.251 e. The van der Waals surface area contributed by atoms with Crippen molar-refractivity contribution in [3.05, 3.63) is 45.9 Å². The standard InChI is InChI=1S/C17H21N3O3S/c1-4-15-19-13(11-24-15)10-20(2)16(21)9-18-17(22)12-5-7-14(23-3)8-6-12/h5-8,11H,4,9-10H2,1-3H3,(H,18,22). The van der Waals surface area contributed by atoms with E-state index in [9.17, 15) is 9.59 Å². The molecular formula is C17H21N3O3S. The summed E-state index contributed by atoms with van der Waals surface area (Å²) >= 11 is 1.59. The third-order valence-corrected chi connectivity index (χ3v) is 4.52. The van der Waals surface area contributed by atoms with Crippen molar-refractivity contribution in [1.82, 2.24) is 15.2 Å². The van der Waals surface area contributed by atoms with Crippen molar-refractivity contribution in [2.45, 2.75) is 19.9 Å². The Morgan fingerprint density at radius 3 is 2.58 bits per heavy atom. The number of ether oxygens (including phenoxy) is 1. The number of rotatable bonds is 7. The number of hydrogen-bond acceptors (Lipinski definition) is 5. The summed E-state index contributed by atoms with van der Waals surface area (Å²) in [5.41, 5.74) is 1.35. The Balaban J connectivity index is 1.83. The van der Waals surface area contributed by atoms with E-state index in [1.54, 1.807) is 54.7 Å². The van der Waals surface area contributed by atoms with Crippen molar-refractivity contribution in [3.8, 4) is 5.75 Å². The van der Waals surface area contributed by atoms with Gasteiger partial charge in [-0.1, -0.05) is 6.92 Å². The highest BCUT2D eigenvalue weighted by Gasteiger charge is 2.13. The Bertz CT molecular complexity index is 697. The van der Waals surface area contributed by atoms with Crippen LogP contribution in [-0.4, -0.2) is 42.4 Å². The predicted molar refractivity (Wildman–Crippen MR) is 93.3 cm³/mol.